The predicted molar refractivity (Wildman–Crippen MR) is 140 cm³/mol. The highest BCUT2D eigenvalue weighted by molar-refractivity contribution is 6.10. The topological polar surface area (TPSA) is 151 Å². The van der Waals surface area contributed by atoms with Crippen molar-refractivity contribution in [2.75, 3.05) is 6.54 Å². The molecule has 220 valence electrons. The van der Waals surface area contributed by atoms with Crippen LogP contribution in [-0.4, -0.2) is 51.4 Å². The molecule has 0 bridgehead atoms. The predicted octanol–water partition coefficient (Wildman–Crippen LogP) is 3.81. The van der Waals surface area contributed by atoms with Gasteiger partial charge in [-0.15, -0.1) is 0 Å². The summed E-state index contributed by atoms with van der Waals surface area (Å²) in [5.41, 5.74) is 1.87. The number of aliphatic carboxylic acids is 1. The van der Waals surface area contributed by atoms with Crippen molar-refractivity contribution in [3.63, 3.8) is 0 Å². The van der Waals surface area contributed by atoms with Gasteiger partial charge >= 0.3 is 18.2 Å². The van der Waals surface area contributed by atoms with Crippen LogP contribution in [0.15, 0.2) is 48.5 Å². The van der Waals surface area contributed by atoms with Crippen LogP contribution in [0.25, 0.3) is 0 Å². The summed E-state index contributed by atoms with van der Waals surface area (Å²) in [5, 5.41) is 15.9. The average molecular weight is 577 g/mol. The lowest BCUT2D eigenvalue weighted by atomic mass is 9.77. The third kappa shape index (κ3) is 5.71. The second kappa shape index (κ2) is 10.7. The van der Waals surface area contributed by atoms with Crippen LogP contribution in [0.4, 0.5) is 18.0 Å². The van der Waals surface area contributed by atoms with Gasteiger partial charge in [0.1, 0.15) is 17.0 Å². The summed E-state index contributed by atoms with van der Waals surface area (Å²) in [6.07, 6.45) is -4.52. The summed E-state index contributed by atoms with van der Waals surface area (Å²) in [5.74, 6) is -4.73. The number of hydrogen-bond acceptors (Lipinski definition) is 6. The molecule has 2 aromatic carbocycles. The van der Waals surface area contributed by atoms with Gasteiger partial charge in [-0.25, -0.2) is 4.79 Å². The Bertz CT molecular complexity index is 1380. The van der Waals surface area contributed by atoms with Crippen molar-refractivity contribution in [3.05, 3.63) is 59.7 Å². The van der Waals surface area contributed by atoms with E-state index in [4.69, 9.17) is 10.5 Å². The molecule has 2 aliphatic rings. The number of halogens is 3. The highest BCUT2D eigenvalue weighted by Gasteiger charge is 2.69. The van der Waals surface area contributed by atoms with Crippen molar-refractivity contribution in [1.82, 2.24) is 15.5 Å². The van der Waals surface area contributed by atoms with E-state index in [1.807, 2.05) is 0 Å². The number of imide groups is 1. The number of likely N-dealkylation sites (tertiary alicyclic amines) is 1. The van der Waals surface area contributed by atoms with Gasteiger partial charge in [0.25, 0.3) is 0 Å². The molecule has 2 heterocycles. The molecule has 13 heteroatoms. The first-order valence-electron chi connectivity index (χ1n) is 12.9. The van der Waals surface area contributed by atoms with Gasteiger partial charge in [-0.2, -0.15) is 13.2 Å². The van der Waals surface area contributed by atoms with E-state index in [1.165, 1.54) is 24.3 Å². The maximum Gasteiger partial charge on any atom is 0.416 e. The number of nitrogens with one attached hydrogen (secondary N) is 2. The molecule has 2 fully saturated rings. The number of primary amides is 1. The van der Waals surface area contributed by atoms with Crippen molar-refractivity contribution < 1.29 is 42.2 Å². The minimum Gasteiger partial charge on any atom is -0.480 e. The molecule has 2 aliphatic heterocycles. The van der Waals surface area contributed by atoms with Crippen molar-refractivity contribution in [2.45, 2.75) is 56.9 Å². The fourth-order valence-electron chi connectivity index (χ4n) is 5.71. The van der Waals surface area contributed by atoms with Crippen molar-refractivity contribution in [3.8, 4) is 11.5 Å². The number of ether oxygens (including phenoxy) is 1. The van der Waals surface area contributed by atoms with E-state index >= 15 is 0 Å². The van der Waals surface area contributed by atoms with E-state index in [9.17, 15) is 37.5 Å². The monoisotopic (exact) mass is 576 g/mol. The molecule has 4 amide bonds. The fraction of sp³-hybridized carbons (Fsp3) is 0.429. The lowest BCUT2D eigenvalue weighted by Crippen LogP contribution is -2.57. The van der Waals surface area contributed by atoms with E-state index in [2.05, 4.69) is 10.6 Å². The highest BCUT2D eigenvalue weighted by atomic mass is 19.4. The molecule has 41 heavy (non-hydrogen) atoms. The zero-order valence-electron chi connectivity index (χ0n) is 22.6. The number of hydrogen-bond donors (Lipinski definition) is 4. The third-order valence-corrected chi connectivity index (χ3v) is 7.37. The Kier molecular flexibility index (Phi) is 7.78. The molecule has 4 rings (SSSR count). The molecule has 0 radical (unpaired) electrons. The minimum atomic E-state index is -4.56. The van der Waals surface area contributed by atoms with Gasteiger partial charge in [0.2, 0.25) is 11.8 Å². The van der Waals surface area contributed by atoms with Gasteiger partial charge in [0.15, 0.2) is 0 Å². The summed E-state index contributed by atoms with van der Waals surface area (Å²) >= 11 is 0. The van der Waals surface area contributed by atoms with E-state index in [-0.39, 0.29) is 30.9 Å². The minimum absolute atomic E-state index is 0.0551. The zero-order valence-corrected chi connectivity index (χ0v) is 22.6. The van der Waals surface area contributed by atoms with Crippen molar-refractivity contribution in [1.29, 1.82) is 0 Å². The number of nitrogens with zero attached hydrogens (tertiary/aromatic N) is 1. The standard InChI is InChI=1S/C28H31F3N4O6/c1-26(2,3)35-22(36)19-20(23(35)37)27(24(38)39,11-6-12-33-25(32)40)34-21(19)15-7-4-9-17(13-15)41-18-10-5-8-16(14-18)28(29,30)31/h4-5,7-10,13-14,19-21,34H,6,11-12H2,1-3H3,(H,38,39)(H3,32,33,40). The summed E-state index contributed by atoms with van der Waals surface area (Å²) in [6.45, 7) is 5.08. The first-order chi connectivity index (χ1) is 19.1. The molecule has 0 saturated carbocycles. The Labute approximate surface area is 234 Å². The molecule has 0 aliphatic carbocycles. The maximum atomic E-state index is 13.7. The number of amides is 4. The number of alkyl halides is 3. The number of nitrogens with two attached hydrogens (primary N) is 1. The first kappa shape index (κ1) is 29.8. The second-order valence-electron chi connectivity index (χ2n) is 11.2. The Balaban J connectivity index is 1.72. The molecule has 5 N–H and O–H groups in total. The quantitative estimate of drug-likeness (QED) is 0.276. The van der Waals surface area contributed by atoms with Gasteiger partial charge in [0.05, 0.1) is 17.4 Å². The molecule has 4 atom stereocenters. The van der Waals surface area contributed by atoms with Gasteiger partial charge in [-0.1, -0.05) is 18.2 Å². The fourth-order valence-corrected chi connectivity index (χ4v) is 5.71. The van der Waals surface area contributed by atoms with E-state index in [1.54, 1.807) is 32.9 Å². The van der Waals surface area contributed by atoms with Crippen LogP contribution in [0.3, 0.4) is 0 Å². The van der Waals surface area contributed by atoms with E-state index in [0.29, 0.717) is 5.56 Å². The molecule has 0 spiro atoms. The van der Waals surface area contributed by atoms with Crippen LogP contribution >= 0.6 is 0 Å². The summed E-state index contributed by atoms with van der Waals surface area (Å²) in [6, 6.07) is 8.82. The first-order valence-corrected chi connectivity index (χ1v) is 12.9. The lowest BCUT2D eigenvalue weighted by Gasteiger charge is -2.35. The number of fused-ring (bicyclic) bond motifs is 1. The lowest BCUT2D eigenvalue weighted by molar-refractivity contribution is -0.154. The normalized spacial score (nSPS) is 24.3. The van der Waals surface area contributed by atoms with Gasteiger partial charge < -0.3 is 20.9 Å². The smallest absolute Gasteiger partial charge is 0.416 e. The van der Waals surface area contributed by atoms with Crippen LogP contribution in [0.1, 0.15) is 50.8 Å². The number of benzene rings is 2. The van der Waals surface area contributed by atoms with Crippen LogP contribution in [-0.2, 0) is 20.6 Å². The van der Waals surface area contributed by atoms with Gasteiger partial charge in [-0.3, -0.25) is 24.6 Å². The third-order valence-electron chi connectivity index (χ3n) is 7.37. The van der Waals surface area contributed by atoms with Crippen LogP contribution < -0.4 is 21.1 Å². The zero-order chi connectivity index (χ0) is 30.3. The maximum absolute atomic E-state index is 13.7. The SMILES string of the molecule is CC(C)(C)N1C(=O)C2C(c3cccc(Oc4cccc(C(F)(F)F)c4)c3)NC(CCCNC(N)=O)(C(=O)O)C2C1=O. The summed E-state index contributed by atoms with van der Waals surface area (Å²) in [7, 11) is 0. The molecule has 0 aromatic heterocycles. The van der Waals surface area contributed by atoms with Crippen molar-refractivity contribution >= 4 is 23.8 Å². The van der Waals surface area contributed by atoms with E-state index in [0.717, 1.165) is 17.0 Å². The van der Waals surface area contributed by atoms with Crippen LogP contribution in [0, 0.1) is 11.8 Å². The summed E-state index contributed by atoms with van der Waals surface area (Å²) in [4.78, 5) is 52.5. The van der Waals surface area contributed by atoms with Gasteiger partial charge in [-0.05, 0) is 69.5 Å². The van der Waals surface area contributed by atoms with Crippen molar-refractivity contribution in [2.24, 2.45) is 17.6 Å². The molecule has 2 saturated heterocycles. The Morgan fingerprint density at radius 1 is 1.07 bits per heavy atom. The Morgan fingerprint density at radius 2 is 1.71 bits per heavy atom. The van der Waals surface area contributed by atoms with Crippen LogP contribution in [0.2, 0.25) is 0 Å². The van der Waals surface area contributed by atoms with Gasteiger partial charge in [0, 0.05) is 18.1 Å². The number of carboxylic acid groups (broad SMARTS) is 1. The number of carbonyl (C=O) groups excluding carboxylic acids is 3. The van der Waals surface area contributed by atoms with Crippen LogP contribution in [0.5, 0.6) is 11.5 Å². The van der Waals surface area contributed by atoms with E-state index < -0.39 is 64.5 Å². The molecular weight excluding hydrogens is 545 g/mol. The molecular formula is C28H31F3N4O6. The largest absolute Gasteiger partial charge is 0.480 e. The number of urea groups is 1. The number of carbonyl (C=O) groups is 4. The Hall–Kier alpha value is -4.13. The highest BCUT2D eigenvalue weighted by Crippen LogP contribution is 2.52. The summed E-state index contributed by atoms with van der Waals surface area (Å²) < 4.78 is 45.2. The Morgan fingerprint density at radius 3 is 2.29 bits per heavy atom. The molecule has 10 nitrogen and oxygen atoms in total. The molecule has 2 aromatic rings. The number of carboxylic acids is 1. The molecule has 4 unspecified atom stereocenters. The average Bonchev–Trinajstić information content (AvgIpc) is 3.35. The number of rotatable bonds is 8. The second-order valence-corrected chi connectivity index (χ2v) is 11.2.